The molecule has 2 saturated heterocycles. The first-order valence-electron chi connectivity index (χ1n) is 14.8. The Hall–Kier alpha value is -4.10. The van der Waals surface area contributed by atoms with Gasteiger partial charge in [0.1, 0.15) is 18.6 Å². The van der Waals surface area contributed by atoms with Crippen molar-refractivity contribution in [1.29, 1.82) is 5.26 Å². The van der Waals surface area contributed by atoms with E-state index in [4.69, 9.17) is 19.7 Å². The Morgan fingerprint density at radius 2 is 2.05 bits per heavy atom. The van der Waals surface area contributed by atoms with Crippen LogP contribution in [0, 0.1) is 17.2 Å². The number of ether oxygens (including phenoxy) is 1. The van der Waals surface area contributed by atoms with Crippen LogP contribution < -0.4 is 9.64 Å². The lowest BCUT2D eigenvalue weighted by Gasteiger charge is -2.41. The number of anilines is 1. The van der Waals surface area contributed by atoms with Crippen LogP contribution in [0.25, 0.3) is 22.3 Å². The Morgan fingerprint density at radius 3 is 2.83 bits per heavy atom. The molecule has 9 nitrogen and oxygen atoms in total. The van der Waals surface area contributed by atoms with Gasteiger partial charge >= 0.3 is 6.01 Å². The molecule has 2 aliphatic carbocycles. The highest BCUT2D eigenvalue weighted by Crippen LogP contribution is 2.58. The van der Waals surface area contributed by atoms with Gasteiger partial charge in [-0.05, 0) is 67.5 Å². The Balaban J connectivity index is 1.26. The minimum Gasteiger partial charge on any atom is -0.462 e. The summed E-state index contributed by atoms with van der Waals surface area (Å²) in [4.78, 5) is 32.9. The fraction of sp³-hybridized carbons (Fsp3) is 0.469. The molecule has 3 aromatic rings. The lowest BCUT2D eigenvalue weighted by molar-refractivity contribution is -0.128. The smallest absolute Gasteiger partial charge is 0.320 e. The van der Waals surface area contributed by atoms with Gasteiger partial charge in [-0.2, -0.15) is 15.2 Å². The van der Waals surface area contributed by atoms with E-state index in [0.717, 1.165) is 29.0 Å². The SMILES string of the molecule is C=CC(=O)N1CCN(c2nc(OC[C@@H]3C[C@@H](F)CN3C)nc3nc(-c4cccc5c4C4CC4C5)ccc23)C[C@@H]1CC#N. The number of hydrogen-bond donors (Lipinski definition) is 0. The number of likely N-dealkylation sites (tertiary alicyclic amines) is 1. The fourth-order valence-electron chi connectivity index (χ4n) is 7.10. The lowest BCUT2D eigenvalue weighted by atomic mass is 9.97. The number of likely N-dealkylation sites (N-methyl/N-ethyl adjacent to an activating group) is 1. The summed E-state index contributed by atoms with van der Waals surface area (Å²) >= 11 is 0. The zero-order valence-corrected chi connectivity index (χ0v) is 23.7. The Kier molecular flexibility index (Phi) is 6.77. The normalized spacial score (nSPS) is 26.5. The molecule has 4 heterocycles. The molecule has 0 bridgehead atoms. The average Bonchev–Trinajstić information content (AvgIpc) is 3.54. The van der Waals surface area contributed by atoms with E-state index >= 15 is 0 Å². The number of piperazine rings is 1. The Labute approximate surface area is 244 Å². The van der Waals surface area contributed by atoms with Gasteiger partial charge in [0.25, 0.3) is 0 Å². The van der Waals surface area contributed by atoms with Crippen molar-refractivity contribution in [3.8, 4) is 23.3 Å². The highest BCUT2D eigenvalue weighted by Gasteiger charge is 2.46. The minimum atomic E-state index is -0.869. The summed E-state index contributed by atoms with van der Waals surface area (Å²) in [6.45, 7) is 5.69. The van der Waals surface area contributed by atoms with E-state index in [2.05, 4.69) is 35.7 Å². The quantitative estimate of drug-likeness (QED) is 0.397. The number of pyridine rings is 1. The highest BCUT2D eigenvalue weighted by molar-refractivity contribution is 5.90. The molecule has 2 unspecified atom stereocenters. The predicted molar refractivity (Wildman–Crippen MR) is 157 cm³/mol. The second kappa shape index (κ2) is 10.6. The number of hydrogen-bond acceptors (Lipinski definition) is 8. The molecule has 0 N–H and O–H groups in total. The first-order chi connectivity index (χ1) is 20.4. The van der Waals surface area contributed by atoms with Gasteiger partial charge in [-0.3, -0.25) is 9.69 Å². The Bertz CT molecular complexity index is 1610. The van der Waals surface area contributed by atoms with Crippen molar-refractivity contribution in [2.45, 2.75) is 49.9 Å². The maximum Gasteiger partial charge on any atom is 0.320 e. The van der Waals surface area contributed by atoms with E-state index in [1.807, 2.05) is 24.1 Å². The second-order valence-electron chi connectivity index (χ2n) is 12.0. The second-order valence-corrected chi connectivity index (χ2v) is 12.0. The fourth-order valence-corrected chi connectivity index (χ4v) is 7.10. The van der Waals surface area contributed by atoms with Gasteiger partial charge in [-0.1, -0.05) is 24.8 Å². The summed E-state index contributed by atoms with van der Waals surface area (Å²) in [6.07, 6.45) is 3.43. The summed E-state index contributed by atoms with van der Waals surface area (Å²) < 4.78 is 20.1. The summed E-state index contributed by atoms with van der Waals surface area (Å²) in [6, 6.07) is 12.6. The van der Waals surface area contributed by atoms with Gasteiger partial charge in [0.05, 0.1) is 29.6 Å². The summed E-state index contributed by atoms with van der Waals surface area (Å²) in [7, 11) is 1.90. The molecule has 0 radical (unpaired) electrons. The third-order valence-corrected chi connectivity index (χ3v) is 9.38. The minimum absolute atomic E-state index is 0.0612. The number of fused-ring (bicyclic) bond motifs is 4. The zero-order valence-electron chi connectivity index (χ0n) is 23.7. The molecule has 216 valence electrons. The van der Waals surface area contributed by atoms with E-state index in [0.29, 0.717) is 50.0 Å². The third-order valence-electron chi connectivity index (χ3n) is 9.38. The van der Waals surface area contributed by atoms with E-state index in [-0.39, 0.29) is 37.0 Å². The van der Waals surface area contributed by atoms with Gasteiger partial charge in [0, 0.05) is 37.8 Å². The molecule has 42 heavy (non-hydrogen) atoms. The number of benzene rings is 1. The Morgan fingerprint density at radius 1 is 1.17 bits per heavy atom. The van der Waals surface area contributed by atoms with Crippen LogP contribution in [0.3, 0.4) is 0 Å². The molecule has 2 aromatic heterocycles. The van der Waals surface area contributed by atoms with Crippen LogP contribution in [-0.2, 0) is 11.2 Å². The van der Waals surface area contributed by atoms with E-state index in [1.54, 1.807) is 4.90 Å². The van der Waals surface area contributed by atoms with E-state index < -0.39 is 6.17 Å². The maximum absolute atomic E-state index is 14.0. The third kappa shape index (κ3) is 4.75. The molecule has 4 aliphatic rings. The molecule has 1 amide bonds. The summed E-state index contributed by atoms with van der Waals surface area (Å²) in [5, 5.41) is 10.3. The maximum atomic E-state index is 14.0. The molecule has 7 rings (SSSR count). The first-order valence-corrected chi connectivity index (χ1v) is 14.8. The number of carbonyl (C=O) groups excluding carboxylic acids is 1. The molecule has 0 spiro atoms. The largest absolute Gasteiger partial charge is 0.462 e. The highest BCUT2D eigenvalue weighted by atomic mass is 19.1. The van der Waals surface area contributed by atoms with Crippen molar-refractivity contribution in [2.24, 2.45) is 5.92 Å². The summed E-state index contributed by atoms with van der Waals surface area (Å²) in [5.74, 6) is 1.87. The van der Waals surface area contributed by atoms with Crippen LogP contribution in [0.4, 0.5) is 10.2 Å². The van der Waals surface area contributed by atoms with Gasteiger partial charge in [-0.25, -0.2) is 9.37 Å². The van der Waals surface area contributed by atoms with E-state index in [9.17, 15) is 14.4 Å². The zero-order chi connectivity index (χ0) is 29.0. The van der Waals surface area contributed by atoms with Crippen molar-refractivity contribution in [3.05, 3.63) is 54.1 Å². The molecule has 2 aliphatic heterocycles. The molecular formula is C32H34FN7O2. The number of amides is 1. The monoisotopic (exact) mass is 567 g/mol. The van der Waals surface area contributed by atoms with Crippen molar-refractivity contribution >= 4 is 22.8 Å². The van der Waals surface area contributed by atoms with Gasteiger partial charge in [0.15, 0.2) is 5.65 Å². The molecule has 1 saturated carbocycles. The number of carbonyl (C=O) groups is 1. The molecular weight excluding hydrogens is 533 g/mol. The van der Waals surface area contributed by atoms with Crippen molar-refractivity contribution in [2.75, 3.05) is 44.7 Å². The number of rotatable bonds is 7. The number of alkyl halides is 1. The standard InChI is InChI=1S/C32H34FN7O2/c1-3-28(41)40-12-11-39(17-22(40)9-10-34)31-25-7-8-27(24-6-4-5-19-13-20-14-26(20)29(19)24)35-30(25)36-32(37-31)42-18-23-15-21(33)16-38(23)2/h3-8,20-23,26H,1,9,11-18H2,2H3/t20?,21-,22+,23+,26?/m1/s1. The van der Waals surface area contributed by atoms with Crippen LogP contribution in [-0.4, -0.2) is 88.7 Å². The number of aromatic nitrogens is 3. The predicted octanol–water partition coefficient (Wildman–Crippen LogP) is 3.89. The van der Waals surface area contributed by atoms with Crippen LogP contribution in [0.5, 0.6) is 6.01 Å². The van der Waals surface area contributed by atoms with Gasteiger partial charge in [-0.15, -0.1) is 0 Å². The van der Waals surface area contributed by atoms with Crippen LogP contribution in [0.15, 0.2) is 43.0 Å². The van der Waals surface area contributed by atoms with Crippen molar-refractivity contribution in [3.63, 3.8) is 0 Å². The van der Waals surface area contributed by atoms with Crippen LogP contribution >= 0.6 is 0 Å². The van der Waals surface area contributed by atoms with Crippen LogP contribution in [0.2, 0.25) is 0 Å². The van der Waals surface area contributed by atoms with Crippen molar-refractivity contribution in [1.82, 2.24) is 24.8 Å². The first kappa shape index (κ1) is 26.8. The number of nitriles is 1. The molecule has 3 fully saturated rings. The summed E-state index contributed by atoms with van der Waals surface area (Å²) in [5.41, 5.74) is 5.41. The molecule has 10 heteroatoms. The lowest BCUT2D eigenvalue weighted by Crippen LogP contribution is -2.55. The molecule has 1 aromatic carbocycles. The van der Waals surface area contributed by atoms with Crippen molar-refractivity contribution < 1.29 is 13.9 Å². The van der Waals surface area contributed by atoms with Crippen LogP contribution in [0.1, 0.15) is 36.3 Å². The average molecular weight is 568 g/mol. The molecule has 5 atom stereocenters. The number of halogens is 1. The van der Waals surface area contributed by atoms with Gasteiger partial charge < -0.3 is 14.5 Å². The van der Waals surface area contributed by atoms with Gasteiger partial charge in [0.2, 0.25) is 5.91 Å². The number of nitrogens with zero attached hydrogens (tertiary/aromatic N) is 7. The topological polar surface area (TPSA) is 98.5 Å². The van der Waals surface area contributed by atoms with E-state index in [1.165, 1.54) is 23.6 Å².